The molecule has 0 saturated carbocycles. The van der Waals surface area contributed by atoms with Gasteiger partial charge in [-0.25, -0.2) is 9.78 Å². The fraction of sp³-hybridized carbons (Fsp3) is 0.227. The highest BCUT2D eigenvalue weighted by molar-refractivity contribution is 6.30. The van der Waals surface area contributed by atoms with Crippen LogP contribution < -0.4 is 9.64 Å². The predicted octanol–water partition coefficient (Wildman–Crippen LogP) is 5.06. The Bertz CT molecular complexity index is 1050. The second-order valence-electron chi connectivity index (χ2n) is 7.02. The number of rotatable bonds is 8. The van der Waals surface area contributed by atoms with Crippen molar-refractivity contribution in [1.29, 1.82) is 0 Å². The molecule has 0 N–H and O–H groups in total. The normalized spacial score (nSPS) is 15.9. The highest BCUT2D eigenvalue weighted by Gasteiger charge is 2.38. The van der Waals surface area contributed by atoms with Crippen LogP contribution >= 0.6 is 11.6 Å². The summed E-state index contributed by atoms with van der Waals surface area (Å²) in [5, 5.41) is 3.49. The van der Waals surface area contributed by atoms with Gasteiger partial charge in [-0.05, 0) is 48.4 Å². The third-order valence-electron chi connectivity index (χ3n) is 4.97. The molecular formula is C22H20ClN5O3. The van der Waals surface area contributed by atoms with Crippen molar-refractivity contribution in [2.45, 2.75) is 12.5 Å². The maximum atomic E-state index is 13.2. The van der Waals surface area contributed by atoms with E-state index in [1.54, 1.807) is 34.3 Å². The number of nitroso groups, excluding NO2 is 1. The minimum atomic E-state index is -0.233. The molecule has 9 heteroatoms. The van der Waals surface area contributed by atoms with Gasteiger partial charge >= 0.3 is 6.03 Å². The van der Waals surface area contributed by atoms with Crippen LogP contribution in [0.15, 0.2) is 72.3 Å². The summed E-state index contributed by atoms with van der Waals surface area (Å²) in [7, 11) is 0. The van der Waals surface area contributed by atoms with Gasteiger partial charge in [0, 0.05) is 36.2 Å². The fourth-order valence-electron chi connectivity index (χ4n) is 3.56. The molecule has 0 aliphatic carbocycles. The molecule has 2 aromatic carbocycles. The molecule has 1 aliphatic heterocycles. The average Bonchev–Trinajstić information content (AvgIpc) is 3.12. The lowest BCUT2D eigenvalue weighted by Gasteiger charge is -2.24. The minimum absolute atomic E-state index is 0.126. The summed E-state index contributed by atoms with van der Waals surface area (Å²) in [4.78, 5) is 35.3. The number of carbonyl (C=O) groups excluding carboxylic acids is 1. The Morgan fingerprint density at radius 2 is 2.00 bits per heavy atom. The summed E-state index contributed by atoms with van der Waals surface area (Å²) in [5.74, 6) is 0.991. The van der Waals surface area contributed by atoms with Crippen LogP contribution in [0.2, 0.25) is 5.02 Å². The number of nitrogens with zero attached hydrogens (tertiary/aromatic N) is 5. The zero-order valence-corrected chi connectivity index (χ0v) is 17.4. The number of benzene rings is 2. The molecule has 0 radical (unpaired) electrons. The molecule has 3 aromatic rings. The third kappa shape index (κ3) is 4.80. The summed E-state index contributed by atoms with van der Waals surface area (Å²) >= 11 is 6.04. The van der Waals surface area contributed by atoms with Gasteiger partial charge in [-0.15, -0.1) is 0 Å². The Balaban J connectivity index is 1.63. The van der Waals surface area contributed by atoms with E-state index in [1.807, 2.05) is 36.4 Å². The van der Waals surface area contributed by atoms with E-state index >= 15 is 0 Å². The van der Waals surface area contributed by atoms with E-state index in [1.165, 1.54) is 6.20 Å². The number of urea groups is 1. The van der Waals surface area contributed by atoms with Crippen LogP contribution in [0.5, 0.6) is 11.6 Å². The SMILES string of the molecule is O=NCCCN1CC(c2cccc(Oc3cnccn3)c2)N(c2ccc(Cl)cc2)C1=O. The topological polar surface area (TPSA) is 88.0 Å². The quantitative estimate of drug-likeness (QED) is 0.363. The van der Waals surface area contributed by atoms with Crippen molar-refractivity contribution < 1.29 is 9.53 Å². The number of aromatic nitrogens is 2. The van der Waals surface area contributed by atoms with Crippen LogP contribution in [0.25, 0.3) is 0 Å². The first-order valence-corrected chi connectivity index (χ1v) is 10.2. The van der Waals surface area contributed by atoms with Crippen LogP contribution in [-0.2, 0) is 0 Å². The summed E-state index contributed by atoms with van der Waals surface area (Å²) in [5.41, 5.74) is 1.66. The summed E-state index contributed by atoms with van der Waals surface area (Å²) in [6.45, 7) is 1.12. The maximum Gasteiger partial charge on any atom is 0.325 e. The van der Waals surface area contributed by atoms with Gasteiger partial charge in [0.25, 0.3) is 0 Å². The summed E-state index contributed by atoms with van der Waals surface area (Å²) in [6, 6.07) is 14.4. The molecule has 1 saturated heterocycles. The van der Waals surface area contributed by atoms with Crippen molar-refractivity contribution in [3.8, 4) is 11.6 Å². The standard InChI is InChI=1S/C22H20ClN5O3/c23-17-5-7-18(8-6-17)28-20(15-27(22(28)29)12-2-9-26-30)16-3-1-4-19(13-16)31-21-14-24-10-11-25-21/h1,3-8,10-11,13-14,20H,2,9,12,15H2. The number of halogens is 1. The van der Waals surface area contributed by atoms with Crippen molar-refractivity contribution in [2.75, 3.05) is 24.5 Å². The number of hydrogen-bond donors (Lipinski definition) is 0. The Morgan fingerprint density at radius 1 is 1.16 bits per heavy atom. The highest BCUT2D eigenvalue weighted by Crippen LogP contribution is 2.36. The fourth-order valence-corrected chi connectivity index (χ4v) is 3.68. The molecule has 1 fully saturated rings. The average molecular weight is 438 g/mol. The van der Waals surface area contributed by atoms with E-state index in [-0.39, 0.29) is 18.6 Å². The lowest BCUT2D eigenvalue weighted by Crippen LogP contribution is -2.33. The van der Waals surface area contributed by atoms with Crippen LogP contribution in [0.4, 0.5) is 10.5 Å². The van der Waals surface area contributed by atoms with Gasteiger partial charge in [-0.1, -0.05) is 28.9 Å². The molecule has 1 unspecified atom stereocenters. The lowest BCUT2D eigenvalue weighted by atomic mass is 10.1. The van der Waals surface area contributed by atoms with Crippen molar-refractivity contribution in [2.24, 2.45) is 5.18 Å². The molecule has 1 aliphatic rings. The van der Waals surface area contributed by atoms with E-state index in [0.29, 0.717) is 36.2 Å². The Hall–Kier alpha value is -3.52. The molecule has 1 atom stereocenters. The predicted molar refractivity (Wildman–Crippen MR) is 117 cm³/mol. The van der Waals surface area contributed by atoms with Crippen LogP contribution in [-0.4, -0.2) is 40.5 Å². The van der Waals surface area contributed by atoms with Crippen LogP contribution in [0.1, 0.15) is 18.0 Å². The van der Waals surface area contributed by atoms with Gasteiger partial charge in [0.15, 0.2) is 0 Å². The Labute approximate surface area is 184 Å². The van der Waals surface area contributed by atoms with Crippen molar-refractivity contribution in [1.82, 2.24) is 14.9 Å². The summed E-state index contributed by atoms with van der Waals surface area (Å²) < 4.78 is 5.81. The molecule has 1 aromatic heterocycles. The third-order valence-corrected chi connectivity index (χ3v) is 5.22. The molecule has 2 amide bonds. The van der Waals surface area contributed by atoms with E-state index in [0.717, 1.165) is 11.3 Å². The van der Waals surface area contributed by atoms with Crippen LogP contribution in [0.3, 0.4) is 0 Å². The van der Waals surface area contributed by atoms with Crippen molar-refractivity contribution in [3.63, 3.8) is 0 Å². The number of amides is 2. The molecule has 31 heavy (non-hydrogen) atoms. The molecule has 8 nitrogen and oxygen atoms in total. The molecule has 0 bridgehead atoms. The smallest absolute Gasteiger partial charge is 0.325 e. The van der Waals surface area contributed by atoms with E-state index in [4.69, 9.17) is 16.3 Å². The van der Waals surface area contributed by atoms with Gasteiger partial charge < -0.3 is 9.64 Å². The minimum Gasteiger partial charge on any atom is -0.437 e. The second-order valence-corrected chi connectivity index (χ2v) is 7.45. The highest BCUT2D eigenvalue weighted by atomic mass is 35.5. The van der Waals surface area contributed by atoms with E-state index < -0.39 is 0 Å². The monoisotopic (exact) mass is 437 g/mol. The first-order valence-electron chi connectivity index (χ1n) is 9.82. The zero-order chi connectivity index (χ0) is 21.6. The van der Waals surface area contributed by atoms with Gasteiger partial charge in [0.1, 0.15) is 5.75 Å². The maximum absolute atomic E-state index is 13.2. The number of carbonyl (C=O) groups is 1. The van der Waals surface area contributed by atoms with Crippen molar-refractivity contribution >= 4 is 23.3 Å². The van der Waals surface area contributed by atoms with Gasteiger partial charge in [-0.3, -0.25) is 9.88 Å². The number of ether oxygens (including phenoxy) is 1. The summed E-state index contributed by atoms with van der Waals surface area (Å²) in [6.07, 6.45) is 5.19. The van der Waals surface area contributed by atoms with Gasteiger partial charge in [0.05, 0.1) is 18.8 Å². The first-order chi connectivity index (χ1) is 15.2. The Kier molecular flexibility index (Phi) is 6.37. The Morgan fingerprint density at radius 3 is 2.74 bits per heavy atom. The van der Waals surface area contributed by atoms with E-state index in [9.17, 15) is 9.70 Å². The molecule has 2 heterocycles. The van der Waals surface area contributed by atoms with Gasteiger partial charge in [0.2, 0.25) is 5.88 Å². The van der Waals surface area contributed by atoms with Crippen molar-refractivity contribution in [3.05, 3.63) is 82.6 Å². The number of anilines is 1. The molecule has 158 valence electrons. The second kappa shape index (κ2) is 9.53. The molecule has 0 spiro atoms. The van der Waals surface area contributed by atoms with Crippen LogP contribution in [0, 0.1) is 4.91 Å². The first kappa shape index (κ1) is 20.7. The molecule has 4 rings (SSSR count). The zero-order valence-electron chi connectivity index (χ0n) is 16.6. The largest absolute Gasteiger partial charge is 0.437 e. The lowest BCUT2D eigenvalue weighted by molar-refractivity contribution is 0.220. The van der Waals surface area contributed by atoms with Gasteiger partial charge in [-0.2, -0.15) is 4.91 Å². The van der Waals surface area contributed by atoms with E-state index in [2.05, 4.69) is 15.1 Å². The molecular weight excluding hydrogens is 418 g/mol. The number of hydrogen-bond acceptors (Lipinski definition) is 6.